The van der Waals surface area contributed by atoms with Crippen molar-refractivity contribution in [2.24, 2.45) is 0 Å². The molecule has 0 saturated heterocycles. The molecule has 0 amide bonds. The molecule has 0 fully saturated rings. The van der Waals surface area contributed by atoms with Gasteiger partial charge in [-0.15, -0.1) is 0 Å². The lowest BCUT2D eigenvalue weighted by atomic mass is 9.63. The molecule has 1 aromatic heterocycles. The summed E-state index contributed by atoms with van der Waals surface area (Å²) >= 11 is 0. The van der Waals surface area contributed by atoms with Gasteiger partial charge in [-0.2, -0.15) is 5.10 Å². The molecule has 3 nitrogen and oxygen atoms in total. The Morgan fingerprint density at radius 2 is 1.73 bits per heavy atom. The van der Waals surface area contributed by atoms with E-state index in [-0.39, 0.29) is 17.4 Å². The van der Waals surface area contributed by atoms with Crippen LogP contribution in [0.1, 0.15) is 62.8 Å². The zero-order chi connectivity index (χ0) is 16.0. The van der Waals surface area contributed by atoms with E-state index < -0.39 is 0 Å². The lowest BCUT2D eigenvalue weighted by Crippen LogP contribution is -2.33. The maximum atomic E-state index is 9.15. The molecule has 1 aliphatic carbocycles. The van der Waals surface area contributed by atoms with Gasteiger partial charge in [0, 0.05) is 11.8 Å². The molecule has 1 aromatic carbocycles. The molecule has 0 saturated carbocycles. The Morgan fingerprint density at radius 3 is 2.36 bits per heavy atom. The fourth-order valence-corrected chi connectivity index (χ4v) is 3.50. The van der Waals surface area contributed by atoms with Crippen LogP contribution >= 0.6 is 0 Å². The normalized spacial score (nSPS) is 19.0. The summed E-state index contributed by atoms with van der Waals surface area (Å²) in [4.78, 5) is 0. The van der Waals surface area contributed by atoms with Crippen molar-refractivity contribution in [1.29, 1.82) is 0 Å². The summed E-state index contributed by atoms with van der Waals surface area (Å²) < 4.78 is 1.90. The SMILES string of the molecule is CC1(C)CCC(C)(C)c2cc(Cn3cc(CO)cn3)ccc21. The van der Waals surface area contributed by atoms with Crippen LogP contribution in [0.2, 0.25) is 0 Å². The van der Waals surface area contributed by atoms with Gasteiger partial charge in [-0.1, -0.05) is 45.9 Å². The summed E-state index contributed by atoms with van der Waals surface area (Å²) in [5.41, 5.74) is 5.61. The highest BCUT2D eigenvalue weighted by Crippen LogP contribution is 2.45. The second-order valence-corrected chi connectivity index (χ2v) is 7.85. The lowest BCUT2D eigenvalue weighted by Gasteiger charge is -2.42. The molecule has 22 heavy (non-hydrogen) atoms. The van der Waals surface area contributed by atoms with Gasteiger partial charge in [-0.3, -0.25) is 4.68 Å². The highest BCUT2D eigenvalue weighted by Gasteiger charge is 2.36. The summed E-state index contributed by atoms with van der Waals surface area (Å²) in [6.45, 7) is 10.2. The minimum Gasteiger partial charge on any atom is -0.392 e. The molecule has 1 heterocycles. The number of rotatable bonds is 3. The average Bonchev–Trinajstić information content (AvgIpc) is 2.92. The molecule has 0 radical (unpaired) electrons. The molecule has 0 unspecified atom stereocenters. The minimum absolute atomic E-state index is 0.0470. The molecule has 0 bridgehead atoms. The number of aliphatic hydroxyl groups is 1. The third kappa shape index (κ3) is 2.70. The van der Waals surface area contributed by atoms with E-state index in [1.807, 2.05) is 10.9 Å². The fraction of sp³-hybridized carbons (Fsp3) is 0.526. The number of nitrogens with zero attached hydrogens (tertiary/aromatic N) is 2. The number of fused-ring (bicyclic) bond motifs is 1. The van der Waals surface area contributed by atoms with E-state index in [0.717, 1.165) is 12.1 Å². The predicted molar refractivity (Wildman–Crippen MR) is 89.0 cm³/mol. The van der Waals surface area contributed by atoms with Crippen LogP contribution in [0.25, 0.3) is 0 Å². The van der Waals surface area contributed by atoms with Gasteiger partial charge >= 0.3 is 0 Å². The van der Waals surface area contributed by atoms with E-state index in [4.69, 9.17) is 5.11 Å². The minimum atomic E-state index is 0.0470. The number of aromatic nitrogens is 2. The van der Waals surface area contributed by atoms with Crippen molar-refractivity contribution in [3.05, 3.63) is 52.8 Å². The summed E-state index contributed by atoms with van der Waals surface area (Å²) in [5.74, 6) is 0. The van der Waals surface area contributed by atoms with E-state index in [9.17, 15) is 0 Å². The first-order chi connectivity index (χ1) is 10.3. The molecule has 3 heteroatoms. The number of hydrogen-bond donors (Lipinski definition) is 1. The zero-order valence-electron chi connectivity index (χ0n) is 14.1. The quantitative estimate of drug-likeness (QED) is 0.936. The number of benzene rings is 1. The number of aliphatic hydroxyl groups excluding tert-OH is 1. The standard InChI is InChI=1S/C19H26N2O/c1-18(2)7-8-19(3,4)17-9-14(5-6-16(17)18)11-21-12-15(13-22)10-20-21/h5-6,9-10,12,22H,7-8,11,13H2,1-4H3. The molecule has 2 aromatic rings. The van der Waals surface area contributed by atoms with Crippen LogP contribution in [0, 0.1) is 0 Å². The lowest BCUT2D eigenvalue weighted by molar-refractivity contribution is 0.281. The average molecular weight is 298 g/mol. The highest BCUT2D eigenvalue weighted by molar-refractivity contribution is 5.43. The molecule has 1 aliphatic rings. The van der Waals surface area contributed by atoms with Crippen LogP contribution in [0.15, 0.2) is 30.6 Å². The second-order valence-electron chi connectivity index (χ2n) is 7.85. The van der Waals surface area contributed by atoms with Crippen LogP contribution < -0.4 is 0 Å². The van der Waals surface area contributed by atoms with Crippen molar-refractivity contribution in [1.82, 2.24) is 9.78 Å². The van der Waals surface area contributed by atoms with Crippen LogP contribution in [0.5, 0.6) is 0 Å². The van der Waals surface area contributed by atoms with Gasteiger partial charge < -0.3 is 5.11 Å². The maximum absolute atomic E-state index is 9.15. The Kier molecular flexibility index (Phi) is 3.64. The fourth-order valence-electron chi connectivity index (χ4n) is 3.50. The third-order valence-electron chi connectivity index (χ3n) is 5.13. The first-order valence-corrected chi connectivity index (χ1v) is 8.08. The molecule has 1 N–H and O–H groups in total. The van der Waals surface area contributed by atoms with Gasteiger partial charge in [0.25, 0.3) is 0 Å². The number of hydrogen-bond acceptors (Lipinski definition) is 2. The topological polar surface area (TPSA) is 38.0 Å². The molecule has 0 atom stereocenters. The van der Waals surface area contributed by atoms with E-state index in [1.165, 1.54) is 29.5 Å². The second kappa shape index (κ2) is 5.24. The van der Waals surface area contributed by atoms with Crippen LogP contribution in [0.4, 0.5) is 0 Å². The summed E-state index contributed by atoms with van der Waals surface area (Å²) in [7, 11) is 0. The molecule has 0 aliphatic heterocycles. The molecule has 118 valence electrons. The van der Waals surface area contributed by atoms with Crippen LogP contribution in [-0.4, -0.2) is 14.9 Å². The van der Waals surface area contributed by atoms with Gasteiger partial charge in [-0.05, 0) is 40.4 Å². The maximum Gasteiger partial charge on any atom is 0.0712 e. The summed E-state index contributed by atoms with van der Waals surface area (Å²) in [6.07, 6.45) is 6.11. The third-order valence-corrected chi connectivity index (χ3v) is 5.13. The first-order valence-electron chi connectivity index (χ1n) is 8.08. The molecular formula is C19H26N2O. The van der Waals surface area contributed by atoms with Crippen molar-refractivity contribution >= 4 is 0 Å². The van der Waals surface area contributed by atoms with Gasteiger partial charge in [0.2, 0.25) is 0 Å². The predicted octanol–water partition coefficient (Wildman–Crippen LogP) is 3.77. The van der Waals surface area contributed by atoms with E-state index in [0.29, 0.717) is 0 Å². The van der Waals surface area contributed by atoms with E-state index in [2.05, 4.69) is 51.0 Å². The van der Waals surface area contributed by atoms with Crippen molar-refractivity contribution in [3.63, 3.8) is 0 Å². The van der Waals surface area contributed by atoms with Gasteiger partial charge in [0.15, 0.2) is 0 Å². The van der Waals surface area contributed by atoms with E-state index in [1.54, 1.807) is 6.20 Å². The highest BCUT2D eigenvalue weighted by atomic mass is 16.3. The van der Waals surface area contributed by atoms with Gasteiger partial charge in [0.1, 0.15) is 0 Å². The van der Waals surface area contributed by atoms with Crippen LogP contribution in [0.3, 0.4) is 0 Å². The Hall–Kier alpha value is -1.61. The Morgan fingerprint density at radius 1 is 1.05 bits per heavy atom. The largest absolute Gasteiger partial charge is 0.392 e. The molecular weight excluding hydrogens is 272 g/mol. The summed E-state index contributed by atoms with van der Waals surface area (Å²) in [5, 5.41) is 13.5. The van der Waals surface area contributed by atoms with Gasteiger partial charge in [0.05, 0.1) is 19.3 Å². The van der Waals surface area contributed by atoms with Crippen LogP contribution in [-0.2, 0) is 24.0 Å². The summed E-state index contributed by atoms with van der Waals surface area (Å²) in [6, 6.07) is 6.89. The van der Waals surface area contributed by atoms with Gasteiger partial charge in [-0.25, -0.2) is 0 Å². The monoisotopic (exact) mass is 298 g/mol. The molecule has 3 rings (SSSR count). The zero-order valence-corrected chi connectivity index (χ0v) is 14.1. The van der Waals surface area contributed by atoms with Crippen molar-refractivity contribution in [3.8, 4) is 0 Å². The first kappa shape index (κ1) is 15.3. The Bertz CT molecular complexity index is 682. The Balaban J connectivity index is 1.95. The van der Waals surface area contributed by atoms with E-state index >= 15 is 0 Å². The van der Waals surface area contributed by atoms with Crippen molar-refractivity contribution < 1.29 is 5.11 Å². The Labute approximate surface area is 133 Å². The molecule has 0 spiro atoms. The van der Waals surface area contributed by atoms with Crippen molar-refractivity contribution in [2.45, 2.75) is 64.5 Å². The smallest absolute Gasteiger partial charge is 0.0712 e. The van der Waals surface area contributed by atoms with Crippen molar-refractivity contribution in [2.75, 3.05) is 0 Å².